The minimum absolute atomic E-state index is 0.0789. The summed E-state index contributed by atoms with van der Waals surface area (Å²) in [5.41, 5.74) is 2.05. The summed E-state index contributed by atoms with van der Waals surface area (Å²) in [7, 11) is 0. The monoisotopic (exact) mass is 234 g/mol. The Morgan fingerprint density at radius 3 is 2.82 bits per heavy atom. The molecule has 1 aliphatic carbocycles. The van der Waals surface area contributed by atoms with Gasteiger partial charge in [0.15, 0.2) is 0 Å². The lowest BCUT2D eigenvalue weighted by Crippen LogP contribution is -2.38. The molecule has 17 heavy (non-hydrogen) atoms. The maximum Gasteiger partial charge on any atom is 0.323 e. The van der Waals surface area contributed by atoms with Gasteiger partial charge in [-0.3, -0.25) is 9.78 Å². The van der Waals surface area contributed by atoms with Crippen LogP contribution in [-0.2, 0) is 4.79 Å². The van der Waals surface area contributed by atoms with Crippen molar-refractivity contribution >= 4 is 11.7 Å². The number of hydrogen-bond acceptors (Lipinski definition) is 3. The molecule has 0 bridgehead atoms. The molecule has 0 aromatic carbocycles. The first-order valence-corrected chi connectivity index (χ1v) is 6.07. The zero-order valence-corrected chi connectivity index (χ0v) is 10.1. The van der Waals surface area contributed by atoms with Gasteiger partial charge in [0.05, 0.1) is 0 Å². The van der Waals surface area contributed by atoms with Gasteiger partial charge >= 0.3 is 5.97 Å². The molecule has 0 spiro atoms. The third kappa shape index (κ3) is 2.75. The molecule has 4 nitrogen and oxygen atoms in total. The first kappa shape index (κ1) is 11.9. The molecule has 2 rings (SSSR count). The van der Waals surface area contributed by atoms with Gasteiger partial charge in [0, 0.05) is 24.1 Å². The van der Waals surface area contributed by atoms with Crippen molar-refractivity contribution in [2.45, 2.75) is 38.6 Å². The molecule has 0 unspecified atom stereocenters. The van der Waals surface area contributed by atoms with Gasteiger partial charge in [0.25, 0.3) is 0 Å². The molecule has 4 heteroatoms. The van der Waals surface area contributed by atoms with Crippen LogP contribution in [0.2, 0.25) is 0 Å². The number of aryl methyl sites for hydroxylation is 1. The number of anilines is 1. The molecule has 1 aromatic rings. The summed E-state index contributed by atoms with van der Waals surface area (Å²) in [6.07, 6.45) is 8.10. The average Bonchev–Trinajstić information content (AvgIpc) is 2.80. The van der Waals surface area contributed by atoms with Crippen molar-refractivity contribution in [1.82, 2.24) is 4.98 Å². The van der Waals surface area contributed by atoms with E-state index in [1.54, 1.807) is 12.4 Å². The van der Waals surface area contributed by atoms with E-state index in [0.717, 1.165) is 24.1 Å². The SMILES string of the molecule is Cc1cnccc1N(CC(=O)O)C1CCCC1. The minimum Gasteiger partial charge on any atom is -0.480 e. The van der Waals surface area contributed by atoms with Crippen molar-refractivity contribution < 1.29 is 9.90 Å². The molecule has 92 valence electrons. The standard InChI is InChI=1S/C13H18N2O2/c1-10-8-14-7-6-12(10)15(9-13(16)17)11-4-2-3-5-11/h6-8,11H,2-5,9H2,1H3,(H,16,17). The second-order valence-corrected chi connectivity index (χ2v) is 4.62. The fourth-order valence-electron chi connectivity index (χ4n) is 2.56. The van der Waals surface area contributed by atoms with Crippen LogP contribution in [0.1, 0.15) is 31.2 Å². The van der Waals surface area contributed by atoms with Gasteiger partial charge in [-0.2, -0.15) is 0 Å². The van der Waals surface area contributed by atoms with E-state index in [0.29, 0.717) is 6.04 Å². The summed E-state index contributed by atoms with van der Waals surface area (Å²) in [6.45, 7) is 2.06. The van der Waals surface area contributed by atoms with E-state index in [1.807, 2.05) is 17.9 Å². The molecule has 0 amide bonds. The zero-order chi connectivity index (χ0) is 12.3. The molecule has 0 atom stereocenters. The number of aliphatic carboxylic acids is 1. The third-order valence-electron chi connectivity index (χ3n) is 3.37. The second-order valence-electron chi connectivity index (χ2n) is 4.62. The van der Waals surface area contributed by atoms with Crippen LogP contribution in [0, 0.1) is 6.92 Å². The minimum atomic E-state index is -0.770. The Bertz CT molecular complexity index is 400. The number of aromatic nitrogens is 1. The molecule has 1 N–H and O–H groups in total. The number of carboxylic acids is 1. The van der Waals surface area contributed by atoms with E-state index in [1.165, 1.54) is 12.8 Å². The first-order chi connectivity index (χ1) is 8.18. The van der Waals surface area contributed by atoms with Gasteiger partial charge in [-0.1, -0.05) is 12.8 Å². The maximum atomic E-state index is 11.0. The zero-order valence-electron chi connectivity index (χ0n) is 10.1. The van der Waals surface area contributed by atoms with Crippen LogP contribution in [0.25, 0.3) is 0 Å². The Labute approximate surface area is 101 Å². The lowest BCUT2D eigenvalue weighted by molar-refractivity contribution is -0.135. The van der Waals surface area contributed by atoms with Gasteiger partial charge in [0.2, 0.25) is 0 Å². The molecule has 1 aliphatic rings. The van der Waals surface area contributed by atoms with Crippen LogP contribution in [0.4, 0.5) is 5.69 Å². The Morgan fingerprint density at radius 2 is 2.24 bits per heavy atom. The lowest BCUT2D eigenvalue weighted by atomic mass is 10.1. The summed E-state index contributed by atoms with van der Waals surface area (Å²) >= 11 is 0. The fraction of sp³-hybridized carbons (Fsp3) is 0.538. The molecule has 1 fully saturated rings. The Balaban J connectivity index is 2.25. The van der Waals surface area contributed by atoms with E-state index in [4.69, 9.17) is 5.11 Å². The van der Waals surface area contributed by atoms with E-state index >= 15 is 0 Å². The Kier molecular flexibility index (Phi) is 3.61. The second kappa shape index (κ2) is 5.17. The number of rotatable bonds is 4. The number of carboxylic acid groups (broad SMARTS) is 1. The highest BCUT2D eigenvalue weighted by Crippen LogP contribution is 2.29. The molecule has 1 saturated carbocycles. The molecule has 1 aromatic heterocycles. The lowest BCUT2D eigenvalue weighted by Gasteiger charge is -2.30. The van der Waals surface area contributed by atoms with E-state index < -0.39 is 5.97 Å². The molecule has 0 aliphatic heterocycles. The van der Waals surface area contributed by atoms with Gasteiger partial charge < -0.3 is 10.0 Å². The van der Waals surface area contributed by atoms with Crippen molar-refractivity contribution in [3.8, 4) is 0 Å². The Hall–Kier alpha value is -1.58. The van der Waals surface area contributed by atoms with Crippen LogP contribution < -0.4 is 4.90 Å². The average molecular weight is 234 g/mol. The molecular weight excluding hydrogens is 216 g/mol. The molecular formula is C13H18N2O2. The number of carbonyl (C=O) groups is 1. The van der Waals surface area contributed by atoms with E-state index in [9.17, 15) is 4.79 Å². The summed E-state index contributed by atoms with van der Waals surface area (Å²) in [5, 5.41) is 9.04. The fourth-order valence-corrected chi connectivity index (χ4v) is 2.56. The van der Waals surface area contributed by atoms with Gasteiger partial charge in [0.1, 0.15) is 6.54 Å². The molecule has 0 saturated heterocycles. The van der Waals surface area contributed by atoms with Crippen LogP contribution in [0.15, 0.2) is 18.5 Å². The van der Waals surface area contributed by atoms with Crippen LogP contribution in [0.3, 0.4) is 0 Å². The topological polar surface area (TPSA) is 53.4 Å². The summed E-state index contributed by atoms with van der Waals surface area (Å²) in [6, 6.07) is 2.28. The van der Waals surface area contributed by atoms with Crippen molar-refractivity contribution in [1.29, 1.82) is 0 Å². The highest BCUT2D eigenvalue weighted by Gasteiger charge is 2.25. The van der Waals surface area contributed by atoms with Crippen molar-refractivity contribution in [3.63, 3.8) is 0 Å². The van der Waals surface area contributed by atoms with Crippen LogP contribution in [-0.4, -0.2) is 28.6 Å². The smallest absolute Gasteiger partial charge is 0.323 e. The van der Waals surface area contributed by atoms with Gasteiger partial charge in [-0.25, -0.2) is 0 Å². The highest BCUT2D eigenvalue weighted by atomic mass is 16.4. The highest BCUT2D eigenvalue weighted by molar-refractivity contribution is 5.74. The largest absolute Gasteiger partial charge is 0.480 e. The van der Waals surface area contributed by atoms with Crippen LogP contribution >= 0.6 is 0 Å². The Morgan fingerprint density at radius 1 is 1.53 bits per heavy atom. The predicted octanol–water partition coefficient (Wildman–Crippen LogP) is 2.22. The van der Waals surface area contributed by atoms with Crippen molar-refractivity contribution in [2.75, 3.05) is 11.4 Å². The summed E-state index contributed by atoms with van der Waals surface area (Å²) < 4.78 is 0. The summed E-state index contributed by atoms with van der Waals surface area (Å²) in [4.78, 5) is 17.1. The maximum absolute atomic E-state index is 11.0. The quantitative estimate of drug-likeness (QED) is 0.868. The van der Waals surface area contributed by atoms with Crippen molar-refractivity contribution in [3.05, 3.63) is 24.0 Å². The van der Waals surface area contributed by atoms with Gasteiger partial charge in [-0.05, 0) is 31.4 Å². The molecule has 0 radical (unpaired) electrons. The van der Waals surface area contributed by atoms with Crippen molar-refractivity contribution in [2.24, 2.45) is 0 Å². The normalized spacial score (nSPS) is 16.1. The van der Waals surface area contributed by atoms with Gasteiger partial charge in [-0.15, -0.1) is 0 Å². The predicted molar refractivity (Wildman–Crippen MR) is 66.2 cm³/mol. The number of nitrogens with zero attached hydrogens (tertiary/aromatic N) is 2. The number of hydrogen-bond donors (Lipinski definition) is 1. The third-order valence-corrected chi connectivity index (χ3v) is 3.37. The molecule has 1 heterocycles. The van der Waals surface area contributed by atoms with E-state index in [2.05, 4.69) is 4.98 Å². The first-order valence-electron chi connectivity index (χ1n) is 6.07. The van der Waals surface area contributed by atoms with E-state index in [-0.39, 0.29) is 6.54 Å². The number of pyridine rings is 1. The summed E-state index contributed by atoms with van der Waals surface area (Å²) in [5.74, 6) is -0.770. The van der Waals surface area contributed by atoms with Crippen LogP contribution in [0.5, 0.6) is 0 Å².